The number of hydrogen-bond acceptors (Lipinski definition) is 6. The Bertz CT molecular complexity index is 1060. The number of likely N-dealkylation sites (tertiary alicyclic amines) is 1. The number of nitrogens with zero attached hydrogens (tertiary/aromatic N) is 3. The van der Waals surface area contributed by atoms with Gasteiger partial charge in [-0.25, -0.2) is 9.97 Å². The van der Waals surface area contributed by atoms with Crippen molar-refractivity contribution in [1.29, 1.82) is 0 Å². The third-order valence-corrected chi connectivity index (χ3v) is 8.28. The van der Waals surface area contributed by atoms with Crippen molar-refractivity contribution in [2.45, 2.75) is 75.7 Å². The van der Waals surface area contributed by atoms with E-state index in [1.807, 2.05) is 0 Å². The minimum atomic E-state index is -4.47. The molecule has 0 radical (unpaired) electrons. The van der Waals surface area contributed by atoms with Crippen LogP contribution >= 0.6 is 0 Å². The quantitative estimate of drug-likeness (QED) is 0.528. The van der Waals surface area contributed by atoms with E-state index in [-0.39, 0.29) is 35.8 Å². The number of aliphatic hydroxyl groups is 1. The summed E-state index contributed by atoms with van der Waals surface area (Å²) >= 11 is 0. The average Bonchev–Trinajstić information content (AvgIpc) is 3.38. The van der Waals surface area contributed by atoms with Gasteiger partial charge >= 0.3 is 6.18 Å². The minimum absolute atomic E-state index is 0.0695. The second-order valence-corrected chi connectivity index (χ2v) is 10.6. The molecule has 1 amide bonds. The van der Waals surface area contributed by atoms with Crippen molar-refractivity contribution in [3.63, 3.8) is 0 Å². The van der Waals surface area contributed by atoms with Crippen LogP contribution < -0.4 is 10.6 Å². The molecule has 36 heavy (non-hydrogen) atoms. The number of carbonyl (C=O) groups excluding carboxylic acids is 1. The Hall–Kier alpha value is -2.46. The number of amides is 1. The van der Waals surface area contributed by atoms with Crippen LogP contribution in [0.2, 0.25) is 0 Å². The van der Waals surface area contributed by atoms with E-state index >= 15 is 0 Å². The highest BCUT2D eigenvalue weighted by molar-refractivity contribution is 5.91. The molecule has 1 aromatic heterocycles. The molecule has 2 saturated carbocycles. The molecule has 3 aliphatic rings. The highest BCUT2D eigenvalue weighted by Crippen LogP contribution is 2.38. The minimum Gasteiger partial charge on any atom is -0.393 e. The van der Waals surface area contributed by atoms with E-state index in [1.54, 1.807) is 0 Å². The number of rotatable bonds is 7. The largest absolute Gasteiger partial charge is 0.416 e. The summed E-state index contributed by atoms with van der Waals surface area (Å²) < 4.78 is 39.3. The normalized spacial score (nSPS) is 25.0. The summed E-state index contributed by atoms with van der Waals surface area (Å²) in [4.78, 5) is 22.9. The zero-order valence-electron chi connectivity index (χ0n) is 20.3. The molecule has 2 aliphatic carbocycles. The molecule has 3 N–H and O–H groups in total. The Labute approximate surface area is 208 Å². The smallest absolute Gasteiger partial charge is 0.393 e. The number of aliphatic hydroxyl groups excluding tert-OH is 1. The van der Waals surface area contributed by atoms with E-state index in [2.05, 4.69) is 25.5 Å². The van der Waals surface area contributed by atoms with Crippen LogP contribution in [0.5, 0.6) is 0 Å². The molecular formula is C26H34F3N5O2. The molecule has 0 bridgehead atoms. The number of benzene rings is 1. The Kier molecular flexibility index (Phi) is 7.35. The highest BCUT2D eigenvalue weighted by Gasteiger charge is 2.38. The van der Waals surface area contributed by atoms with Crippen LogP contribution in [-0.4, -0.2) is 63.7 Å². The van der Waals surface area contributed by atoms with Gasteiger partial charge in [-0.05, 0) is 68.6 Å². The molecule has 0 spiro atoms. The van der Waals surface area contributed by atoms with Crippen molar-refractivity contribution in [2.75, 3.05) is 25.0 Å². The number of hydrogen-bond donors (Lipinski definition) is 3. The summed E-state index contributed by atoms with van der Waals surface area (Å²) in [6, 6.07) is 3.87. The second-order valence-electron chi connectivity index (χ2n) is 10.6. The number of alkyl halides is 3. The Balaban J connectivity index is 1.06. The van der Waals surface area contributed by atoms with Crippen molar-refractivity contribution >= 4 is 22.6 Å². The summed E-state index contributed by atoms with van der Waals surface area (Å²) in [5, 5.41) is 16.8. The fourth-order valence-corrected chi connectivity index (χ4v) is 6.21. The predicted octanol–water partition coefficient (Wildman–Crippen LogP) is 3.97. The van der Waals surface area contributed by atoms with E-state index in [1.165, 1.54) is 38.1 Å². The van der Waals surface area contributed by atoms with Crippen molar-refractivity contribution in [3.05, 3.63) is 30.1 Å². The van der Waals surface area contributed by atoms with Crippen LogP contribution in [0.4, 0.5) is 19.0 Å². The number of halogens is 3. The summed E-state index contributed by atoms with van der Waals surface area (Å²) in [7, 11) is 0. The van der Waals surface area contributed by atoms with Crippen LogP contribution in [0.15, 0.2) is 24.5 Å². The summed E-state index contributed by atoms with van der Waals surface area (Å²) in [5.41, 5.74) is -0.407. The Morgan fingerprint density at radius 2 is 1.75 bits per heavy atom. The maximum atomic E-state index is 13.1. The topological polar surface area (TPSA) is 90.4 Å². The van der Waals surface area contributed by atoms with Gasteiger partial charge in [0.15, 0.2) is 0 Å². The Morgan fingerprint density at radius 3 is 2.44 bits per heavy atom. The van der Waals surface area contributed by atoms with Gasteiger partial charge in [0, 0.05) is 24.5 Å². The lowest BCUT2D eigenvalue weighted by Gasteiger charge is -2.47. The zero-order chi connectivity index (χ0) is 25.3. The maximum absolute atomic E-state index is 13.1. The van der Waals surface area contributed by atoms with Gasteiger partial charge in [-0.3, -0.25) is 9.69 Å². The lowest BCUT2D eigenvalue weighted by Crippen LogP contribution is -2.63. The van der Waals surface area contributed by atoms with Gasteiger partial charge in [0.2, 0.25) is 5.91 Å². The molecule has 1 unspecified atom stereocenters. The third-order valence-electron chi connectivity index (χ3n) is 8.28. The SMILES string of the molecule is O=C(CNc1ncnc2ccc(C(F)(F)F)cc12)NC1CN(C2CCC(C(O)C3CCCC3)CC2)C1. The number of anilines is 1. The highest BCUT2D eigenvalue weighted by atomic mass is 19.4. The molecule has 1 atom stereocenters. The summed E-state index contributed by atoms with van der Waals surface area (Å²) in [6.07, 6.45) is 5.84. The molecular weight excluding hydrogens is 471 g/mol. The number of carbonyl (C=O) groups is 1. The van der Waals surface area contributed by atoms with E-state index < -0.39 is 11.7 Å². The van der Waals surface area contributed by atoms with Crippen molar-refractivity contribution in [1.82, 2.24) is 20.2 Å². The molecule has 10 heteroatoms. The van der Waals surface area contributed by atoms with Gasteiger partial charge in [-0.1, -0.05) is 12.8 Å². The maximum Gasteiger partial charge on any atom is 0.416 e. The molecule has 196 valence electrons. The standard InChI is InChI=1S/C26H34F3N5O2/c27-26(28,29)18-7-10-22-21(11-18)25(32-15-31-22)30-12-23(35)33-19-13-34(14-19)20-8-5-17(6-9-20)24(36)16-3-1-2-4-16/h7,10-11,15-17,19-20,24,36H,1-6,8-9,12-14H2,(H,33,35)(H,30,31,32). The van der Waals surface area contributed by atoms with Crippen LogP contribution in [0, 0.1) is 11.8 Å². The molecule has 2 aromatic rings. The molecule has 1 saturated heterocycles. The fourth-order valence-electron chi connectivity index (χ4n) is 6.21. The molecule has 3 fully saturated rings. The molecule has 7 nitrogen and oxygen atoms in total. The van der Waals surface area contributed by atoms with Gasteiger partial charge in [0.25, 0.3) is 0 Å². The lowest BCUT2D eigenvalue weighted by atomic mass is 9.77. The van der Waals surface area contributed by atoms with Crippen LogP contribution in [0.3, 0.4) is 0 Å². The summed E-state index contributed by atoms with van der Waals surface area (Å²) in [6.45, 7) is 1.53. The molecule has 2 heterocycles. The monoisotopic (exact) mass is 505 g/mol. The van der Waals surface area contributed by atoms with Gasteiger partial charge in [0.05, 0.1) is 29.8 Å². The van der Waals surface area contributed by atoms with Gasteiger partial charge < -0.3 is 15.7 Å². The van der Waals surface area contributed by atoms with Crippen LogP contribution in [0.1, 0.15) is 56.9 Å². The number of aromatic nitrogens is 2. The van der Waals surface area contributed by atoms with Crippen LogP contribution in [-0.2, 0) is 11.0 Å². The van der Waals surface area contributed by atoms with Crippen molar-refractivity contribution < 1.29 is 23.1 Å². The van der Waals surface area contributed by atoms with Gasteiger partial charge in [0.1, 0.15) is 12.1 Å². The van der Waals surface area contributed by atoms with E-state index in [9.17, 15) is 23.1 Å². The molecule has 1 aromatic carbocycles. The first kappa shape index (κ1) is 25.2. The predicted molar refractivity (Wildman–Crippen MR) is 130 cm³/mol. The second kappa shape index (κ2) is 10.5. The zero-order valence-corrected chi connectivity index (χ0v) is 20.3. The first-order valence-corrected chi connectivity index (χ1v) is 13.1. The van der Waals surface area contributed by atoms with Gasteiger partial charge in [-0.15, -0.1) is 0 Å². The number of nitrogens with one attached hydrogen (secondary N) is 2. The van der Waals surface area contributed by atoms with Crippen molar-refractivity contribution in [3.8, 4) is 0 Å². The first-order valence-electron chi connectivity index (χ1n) is 13.1. The summed E-state index contributed by atoms with van der Waals surface area (Å²) in [5.74, 6) is 0.905. The van der Waals surface area contributed by atoms with Gasteiger partial charge in [-0.2, -0.15) is 13.2 Å². The van der Waals surface area contributed by atoms with E-state index in [4.69, 9.17) is 0 Å². The van der Waals surface area contributed by atoms with Crippen LogP contribution in [0.25, 0.3) is 10.9 Å². The third kappa shape index (κ3) is 5.59. The molecule has 5 rings (SSSR count). The van der Waals surface area contributed by atoms with E-state index in [0.29, 0.717) is 23.4 Å². The van der Waals surface area contributed by atoms with Crippen molar-refractivity contribution in [2.24, 2.45) is 11.8 Å². The molecule has 1 aliphatic heterocycles. The Morgan fingerprint density at radius 1 is 1.06 bits per heavy atom. The fraction of sp³-hybridized carbons (Fsp3) is 0.654. The van der Waals surface area contributed by atoms with E-state index in [0.717, 1.165) is 50.9 Å². The number of fused-ring (bicyclic) bond motifs is 1. The lowest BCUT2D eigenvalue weighted by molar-refractivity contribution is -0.137. The average molecular weight is 506 g/mol. The first-order chi connectivity index (χ1) is 17.3.